The summed E-state index contributed by atoms with van der Waals surface area (Å²) >= 11 is 0. The van der Waals surface area contributed by atoms with Crippen LogP contribution in [0.4, 0.5) is 0 Å². The predicted molar refractivity (Wildman–Crippen MR) is 45.0 cm³/mol. The van der Waals surface area contributed by atoms with Crippen molar-refractivity contribution in [2.75, 3.05) is 13.1 Å². The summed E-state index contributed by atoms with van der Waals surface area (Å²) in [5.41, 5.74) is 0. The second kappa shape index (κ2) is 3.05. The standard InChI is InChI=1S/C9H15NO2/c11-9(12)6-7-4-8(5-7)10-2-1-3-10/h7-8H,1-6H2,(H,11,12). The van der Waals surface area contributed by atoms with E-state index in [1.165, 1.54) is 19.5 Å². The van der Waals surface area contributed by atoms with Crippen molar-refractivity contribution in [3.63, 3.8) is 0 Å². The highest BCUT2D eigenvalue weighted by Crippen LogP contribution is 2.35. The molecule has 0 aromatic carbocycles. The van der Waals surface area contributed by atoms with Crippen molar-refractivity contribution in [1.29, 1.82) is 0 Å². The van der Waals surface area contributed by atoms with Gasteiger partial charge in [-0.3, -0.25) is 4.79 Å². The van der Waals surface area contributed by atoms with Gasteiger partial charge >= 0.3 is 5.97 Å². The van der Waals surface area contributed by atoms with E-state index in [0.29, 0.717) is 12.3 Å². The fourth-order valence-corrected chi connectivity index (χ4v) is 2.12. The Balaban J connectivity index is 1.66. The van der Waals surface area contributed by atoms with E-state index >= 15 is 0 Å². The molecule has 1 aliphatic carbocycles. The number of carbonyl (C=O) groups is 1. The minimum absolute atomic E-state index is 0.379. The highest BCUT2D eigenvalue weighted by molar-refractivity contribution is 5.67. The molecule has 3 heteroatoms. The monoisotopic (exact) mass is 169 g/mol. The van der Waals surface area contributed by atoms with Crippen LogP contribution < -0.4 is 0 Å². The molecule has 1 saturated heterocycles. The molecule has 12 heavy (non-hydrogen) atoms. The van der Waals surface area contributed by atoms with E-state index in [9.17, 15) is 4.79 Å². The van der Waals surface area contributed by atoms with Gasteiger partial charge in [0, 0.05) is 12.5 Å². The SMILES string of the molecule is O=C(O)CC1CC(N2CCC2)C1. The first-order chi connectivity index (χ1) is 5.75. The van der Waals surface area contributed by atoms with Crippen molar-refractivity contribution >= 4 is 5.97 Å². The van der Waals surface area contributed by atoms with E-state index in [2.05, 4.69) is 4.90 Å². The van der Waals surface area contributed by atoms with Gasteiger partial charge in [0.2, 0.25) is 0 Å². The van der Waals surface area contributed by atoms with Crippen molar-refractivity contribution in [1.82, 2.24) is 4.90 Å². The molecular formula is C9H15NO2. The smallest absolute Gasteiger partial charge is 0.303 e. The van der Waals surface area contributed by atoms with Gasteiger partial charge in [0.25, 0.3) is 0 Å². The maximum atomic E-state index is 10.3. The van der Waals surface area contributed by atoms with Crippen molar-refractivity contribution in [3.05, 3.63) is 0 Å². The number of nitrogens with zero attached hydrogens (tertiary/aromatic N) is 1. The minimum Gasteiger partial charge on any atom is -0.481 e. The topological polar surface area (TPSA) is 40.5 Å². The molecule has 68 valence electrons. The molecule has 1 aliphatic heterocycles. The molecule has 0 amide bonds. The van der Waals surface area contributed by atoms with Crippen molar-refractivity contribution in [2.45, 2.75) is 31.7 Å². The first kappa shape index (κ1) is 8.05. The Morgan fingerprint density at radius 3 is 2.50 bits per heavy atom. The Bertz CT molecular complexity index is 183. The summed E-state index contributed by atoms with van der Waals surface area (Å²) in [6, 6.07) is 0.725. The van der Waals surface area contributed by atoms with Gasteiger partial charge in [-0.1, -0.05) is 0 Å². The minimum atomic E-state index is -0.637. The molecule has 2 aliphatic rings. The van der Waals surface area contributed by atoms with E-state index in [1.807, 2.05) is 0 Å². The van der Waals surface area contributed by atoms with E-state index in [4.69, 9.17) is 5.11 Å². The van der Waals surface area contributed by atoms with Crippen LogP contribution in [0.1, 0.15) is 25.7 Å². The lowest BCUT2D eigenvalue weighted by Gasteiger charge is -2.46. The van der Waals surface area contributed by atoms with Crippen LogP contribution in [0.3, 0.4) is 0 Å². The Morgan fingerprint density at radius 2 is 2.08 bits per heavy atom. The summed E-state index contributed by atoms with van der Waals surface area (Å²) in [6.07, 6.45) is 3.95. The summed E-state index contributed by atoms with van der Waals surface area (Å²) in [5.74, 6) is -0.171. The summed E-state index contributed by atoms with van der Waals surface area (Å²) in [5, 5.41) is 8.53. The zero-order chi connectivity index (χ0) is 8.55. The number of hydrogen-bond donors (Lipinski definition) is 1. The molecule has 0 aromatic rings. The first-order valence-electron chi connectivity index (χ1n) is 4.71. The molecule has 1 heterocycles. The van der Waals surface area contributed by atoms with Crippen LogP contribution in [-0.4, -0.2) is 35.1 Å². The van der Waals surface area contributed by atoms with Gasteiger partial charge in [-0.15, -0.1) is 0 Å². The number of carboxylic acid groups (broad SMARTS) is 1. The van der Waals surface area contributed by atoms with Crippen LogP contribution in [0.25, 0.3) is 0 Å². The van der Waals surface area contributed by atoms with E-state index in [1.54, 1.807) is 0 Å². The third kappa shape index (κ3) is 1.46. The molecule has 0 atom stereocenters. The lowest BCUT2D eigenvalue weighted by atomic mass is 9.76. The van der Waals surface area contributed by atoms with Gasteiger partial charge in [0.1, 0.15) is 0 Å². The number of rotatable bonds is 3. The first-order valence-corrected chi connectivity index (χ1v) is 4.71. The molecule has 2 fully saturated rings. The molecular weight excluding hydrogens is 154 g/mol. The van der Waals surface area contributed by atoms with E-state index in [0.717, 1.165) is 18.9 Å². The van der Waals surface area contributed by atoms with Crippen LogP contribution in [0, 0.1) is 5.92 Å². The van der Waals surface area contributed by atoms with Gasteiger partial charge in [0.15, 0.2) is 0 Å². The molecule has 2 rings (SSSR count). The molecule has 0 bridgehead atoms. The average Bonchev–Trinajstić information content (AvgIpc) is 1.77. The van der Waals surface area contributed by atoms with Gasteiger partial charge in [0.05, 0.1) is 0 Å². The van der Waals surface area contributed by atoms with Crippen LogP contribution in [0.15, 0.2) is 0 Å². The maximum absolute atomic E-state index is 10.3. The van der Waals surface area contributed by atoms with E-state index < -0.39 is 5.97 Å². The largest absolute Gasteiger partial charge is 0.481 e. The van der Waals surface area contributed by atoms with Crippen LogP contribution >= 0.6 is 0 Å². The Morgan fingerprint density at radius 1 is 1.42 bits per heavy atom. The Labute approximate surface area is 72.4 Å². The van der Waals surface area contributed by atoms with Gasteiger partial charge in [-0.25, -0.2) is 0 Å². The fourth-order valence-electron chi connectivity index (χ4n) is 2.12. The third-order valence-corrected chi connectivity index (χ3v) is 3.08. The summed E-state index contributed by atoms with van der Waals surface area (Å²) in [4.78, 5) is 12.8. The van der Waals surface area contributed by atoms with Crippen LogP contribution in [-0.2, 0) is 4.79 Å². The molecule has 0 spiro atoms. The summed E-state index contributed by atoms with van der Waals surface area (Å²) in [6.45, 7) is 2.48. The normalized spacial score (nSPS) is 35.3. The second-order valence-corrected chi connectivity index (χ2v) is 3.98. The molecule has 3 nitrogen and oxygen atoms in total. The van der Waals surface area contributed by atoms with E-state index in [-0.39, 0.29) is 0 Å². The number of likely N-dealkylation sites (tertiary alicyclic amines) is 1. The zero-order valence-electron chi connectivity index (χ0n) is 7.20. The number of carboxylic acids is 1. The quantitative estimate of drug-likeness (QED) is 0.683. The van der Waals surface area contributed by atoms with Crippen LogP contribution in [0.2, 0.25) is 0 Å². The van der Waals surface area contributed by atoms with Crippen molar-refractivity contribution in [2.24, 2.45) is 5.92 Å². The number of hydrogen-bond acceptors (Lipinski definition) is 2. The summed E-state index contributed by atoms with van der Waals surface area (Å²) in [7, 11) is 0. The summed E-state index contributed by atoms with van der Waals surface area (Å²) < 4.78 is 0. The number of aliphatic carboxylic acids is 1. The van der Waals surface area contributed by atoms with Crippen LogP contribution in [0.5, 0.6) is 0 Å². The Hall–Kier alpha value is -0.570. The molecule has 1 N–H and O–H groups in total. The fraction of sp³-hybridized carbons (Fsp3) is 0.889. The maximum Gasteiger partial charge on any atom is 0.303 e. The zero-order valence-corrected chi connectivity index (χ0v) is 7.20. The van der Waals surface area contributed by atoms with Gasteiger partial charge in [-0.05, 0) is 38.3 Å². The molecule has 0 unspecified atom stereocenters. The molecule has 0 aromatic heterocycles. The second-order valence-electron chi connectivity index (χ2n) is 3.98. The lowest BCUT2D eigenvalue weighted by Crippen LogP contribution is -2.51. The van der Waals surface area contributed by atoms with Crippen molar-refractivity contribution < 1.29 is 9.90 Å². The average molecular weight is 169 g/mol. The third-order valence-electron chi connectivity index (χ3n) is 3.08. The van der Waals surface area contributed by atoms with Gasteiger partial charge < -0.3 is 10.0 Å². The highest BCUT2D eigenvalue weighted by atomic mass is 16.4. The lowest BCUT2D eigenvalue weighted by molar-refractivity contribution is -0.139. The Kier molecular flexibility index (Phi) is 2.05. The van der Waals surface area contributed by atoms with Gasteiger partial charge in [-0.2, -0.15) is 0 Å². The predicted octanol–water partition coefficient (Wildman–Crippen LogP) is 0.945. The molecule has 1 saturated carbocycles. The highest BCUT2D eigenvalue weighted by Gasteiger charge is 2.36. The van der Waals surface area contributed by atoms with Crippen molar-refractivity contribution in [3.8, 4) is 0 Å². The molecule has 0 radical (unpaired) electrons.